The molecule has 1 unspecified atom stereocenters. The number of carbonyl (C=O) groups is 1. The van der Waals surface area contributed by atoms with Crippen LogP contribution in [0.15, 0.2) is 0 Å². The Labute approximate surface area is 114 Å². The SMILES string of the molecule is CCNC(=O)C(C)Nc1nc(C(C)C)nc(N)c1C. The van der Waals surface area contributed by atoms with Crippen LogP contribution < -0.4 is 16.4 Å². The lowest BCUT2D eigenvalue weighted by atomic mass is 10.2. The fourth-order valence-corrected chi connectivity index (χ4v) is 1.55. The molecule has 6 nitrogen and oxygen atoms in total. The van der Waals surface area contributed by atoms with Gasteiger partial charge in [-0.3, -0.25) is 4.79 Å². The van der Waals surface area contributed by atoms with Crippen molar-refractivity contribution in [2.75, 3.05) is 17.6 Å². The second-order valence-corrected chi connectivity index (χ2v) is 4.86. The number of nitrogens with two attached hydrogens (primary N) is 1. The lowest BCUT2D eigenvalue weighted by Crippen LogP contribution is -2.37. The zero-order chi connectivity index (χ0) is 14.6. The topological polar surface area (TPSA) is 92.9 Å². The third-order valence-electron chi connectivity index (χ3n) is 2.81. The summed E-state index contributed by atoms with van der Waals surface area (Å²) in [6.45, 7) is 10.1. The average Bonchev–Trinajstić information content (AvgIpc) is 2.34. The van der Waals surface area contributed by atoms with Crippen molar-refractivity contribution in [1.82, 2.24) is 15.3 Å². The number of nitrogens with one attached hydrogen (secondary N) is 2. The van der Waals surface area contributed by atoms with E-state index in [-0.39, 0.29) is 17.9 Å². The number of carbonyl (C=O) groups excluding carboxylic acids is 1. The molecule has 0 radical (unpaired) electrons. The Morgan fingerprint density at radius 3 is 2.47 bits per heavy atom. The van der Waals surface area contributed by atoms with E-state index < -0.39 is 0 Å². The van der Waals surface area contributed by atoms with E-state index in [1.54, 1.807) is 6.92 Å². The molecule has 0 aliphatic rings. The third kappa shape index (κ3) is 3.81. The summed E-state index contributed by atoms with van der Waals surface area (Å²) in [6, 6.07) is -0.368. The second-order valence-electron chi connectivity index (χ2n) is 4.86. The summed E-state index contributed by atoms with van der Waals surface area (Å²) in [7, 11) is 0. The molecule has 0 saturated carbocycles. The molecule has 0 saturated heterocycles. The summed E-state index contributed by atoms with van der Waals surface area (Å²) in [5.74, 6) is 1.86. The van der Waals surface area contributed by atoms with E-state index in [4.69, 9.17) is 5.73 Å². The van der Waals surface area contributed by atoms with Crippen molar-refractivity contribution in [3.05, 3.63) is 11.4 Å². The minimum Gasteiger partial charge on any atom is -0.383 e. The third-order valence-corrected chi connectivity index (χ3v) is 2.81. The Morgan fingerprint density at radius 1 is 1.32 bits per heavy atom. The molecular weight excluding hydrogens is 242 g/mol. The lowest BCUT2D eigenvalue weighted by molar-refractivity contribution is -0.121. The average molecular weight is 265 g/mol. The number of amides is 1. The van der Waals surface area contributed by atoms with Gasteiger partial charge >= 0.3 is 0 Å². The fraction of sp³-hybridized carbons (Fsp3) is 0.615. The van der Waals surface area contributed by atoms with Crippen LogP contribution in [0.2, 0.25) is 0 Å². The first-order chi connectivity index (χ1) is 8.86. The quantitative estimate of drug-likeness (QED) is 0.749. The molecule has 4 N–H and O–H groups in total. The first kappa shape index (κ1) is 15.2. The van der Waals surface area contributed by atoms with Crippen molar-refractivity contribution in [1.29, 1.82) is 0 Å². The van der Waals surface area contributed by atoms with E-state index in [9.17, 15) is 4.79 Å². The molecule has 1 aromatic rings. The highest BCUT2D eigenvalue weighted by atomic mass is 16.2. The number of aromatic nitrogens is 2. The Balaban J connectivity index is 2.97. The van der Waals surface area contributed by atoms with Crippen LogP contribution in [0, 0.1) is 6.92 Å². The summed E-state index contributed by atoms with van der Waals surface area (Å²) in [5, 5.41) is 5.85. The minimum atomic E-state index is -0.368. The van der Waals surface area contributed by atoms with E-state index in [1.807, 2.05) is 27.7 Å². The van der Waals surface area contributed by atoms with Crippen molar-refractivity contribution in [3.63, 3.8) is 0 Å². The molecule has 1 atom stereocenters. The van der Waals surface area contributed by atoms with Gasteiger partial charge in [0.05, 0.1) is 0 Å². The summed E-state index contributed by atoms with van der Waals surface area (Å²) in [4.78, 5) is 20.4. The van der Waals surface area contributed by atoms with Gasteiger partial charge < -0.3 is 16.4 Å². The van der Waals surface area contributed by atoms with Crippen LogP contribution in [0.25, 0.3) is 0 Å². The van der Waals surface area contributed by atoms with Crippen molar-refractivity contribution in [3.8, 4) is 0 Å². The number of hydrogen-bond donors (Lipinski definition) is 3. The molecule has 106 valence electrons. The minimum absolute atomic E-state index is 0.0646. The molecule has 1 rings (SSSR count). The first-order valence-corrected chi connectivity index (χ1v) is 6.55. The van der Waals surface area contributed by atoms with Gasteiger partial charge in [0.15, 0.2) is 0 Å². The predicted octanol–water partition coefficient (Wildman–Crippen LogP) is 1.43. The van der Waals surface area contributed by atoms with Crippen LogP contribution in [-0.2, 0) is 4.79 Å². The second kappa shape index (κ2) is 6.36. The van der Waals surface area contributed by atoms with Gasteiger partial charge in [-0.1, -0.05) is 13.8 Å². The van der Waals surface area contributed by atoms with Crippen molar-refractivity contribution in [2.45, 2.75) is 46.6 Å². The fourth-order valence-electron chi connectivity index (χ4n) is 1.55. The van der Waals surface area contributed by atoms with Gasteiger partial charge in [-0.25, -0.2) is 9.97 Å². The summed E-state index contributed by atoms with van der Waals surface area (Å²) < 4.78 is 0. The molecule has 0 aromatic carbocycles. The van der Waals surface area contributed by atoms with Crippen molar-refractivity contribution < 1.29 is 4.79 Å². The Bertz CT molecular complexity index is 459. The molecule has 0 spiro atoms. The lowest BCUT2D eigenvalue weighted by Gasteiger charge is -2.17. The highest BCUT2D eigenvalue weighted by molar-refractivity contribution is 5.84. The molecule has 1 heterocycles. The first-order valence-electron chi connectivity index (χ1n) is 6.55. The van der Waals surface area contributed by atoms with E-state index in [0.29, 0.717) is 24.0 Å². The van der Waals surface area contributed by atoms with Crippen LogP contribution in [0.4, 0.5) is 11.6 Å². The molecule has 0 aliphatic heterocycles. The molecule has 0 aliphatic carbocycles. The van der Waals surface area contributed by atoms with Gasteiger partial charge in [0, 0.05) is 18.0 Å². The number of anilines is 2. The van der Waals surface area contributed by atoms with Crippen LogP contribution in [-0.4, -0.2) is 28.5 Å². The standard InChI is InChI=1S/C13H23N5O/c1-6-15-13(19)9(5)16-12-8(4)10(14)17-11(18-12)7(2)3/h7,9H,6H2,1-5H3,(H,15,19)(H3,14,16,17,18). The van der Waals surface area contributed by atoms with E-state index >= 15 is 0 Å². The Hall–Kier alpha value is -1.85. The largest absolute Gasteiger partial charge is 0.383 e. The zero-order valence-electron chi connectivity index (χ0n) is 12.2. The van der Waals surface area contributed by atoms with Gasteiger partial charge in [0.2, 0.25) is 5.91 Å². The van der Waals surface area contributed by atoms with Crippen LogP contribution in [0.3, 0.4) is 0 Å². The van der Waals surface area contributed by atoms with Crippen molar-refractivity contribution >= 4 is 17.5 Å². The normalized spacial score (nSPS) is 12.3. The molecular formula is C13H23N5O. The van der Waals surface area contributed by atoms with E-state index in [2.05, 4.69) is 20.6 Å². The molecule has 0 fully saturated rings. The monoisotopic (exact) mass is 265 g/mol. The maximum absolute atomic E-state index is 11.7. The number of nitrogen functional groups attached to an aromatic ring is 1. The maximum atomic E-state index is 11.7. The molecule has 1 aromatic heterocycles. The van der Waals surface area contributed by atoms with Crippen LogP contribution in [0.5, 0.6) is 0 Å². The summed E-state index contributed by atoms with van der Waals surface area (Å²) >= 11 is 0. The Morgan fingerprint density at radius 2 is 1.95 bits per heavy atom. The highest BCUT2D eigenvalue weighted by Gasteiger charge is 2.16. The van der Waals surface area contributed by atoms with Gasteiger partial charge in [0.25, 0.3) is 0 Å². The van der Waals surface area contributed by atoms with E-state index in [1.165, 1.54) is 0 Å². The van der Waals surface area contributed by atoms with Gasteiger partial charge in [-0.2, -0.15) is 0 Å². The number of hydrogen-bond acceptors (Lipinski definition) is 5. The van der Waals surface area contributed by atoms with E-state index in [0.717, 1.165) is 5.56 Å². The number of rotatable bonds is 5. The zero-order valence-corrected chi connectivity index (χ0v) is 12.2. The Kier molecular flexibility index (Phi) is 5.09. The number of likely N-dealkylation sites (N-methyl/N-ethyl adjacent to an activating group) is 1. The van der Waals surface area contributed by atoms with Crippen LogP contribution in [0.1, 0.15) is 45.0 Å². The highest BCUT2D eigenvalue weighted by Crippen LogP contribution is 2.21. The van der Waals surface area contributed by atoms with Gasteiger partial charge in [0.1, 0.15) is 23.5 Å². The van der Waals surface area contributed by atoms with Gasteiger partial charge in [-0.05, 0) is 20.8 Å². The van der Waals surface area contributed by atoms with Crippen molar-refractivity contribution in [2.24, 2.45) is 0 Å². The van der Waals surface area contributed by atoms with Gasteiger partial charge in [-0.15, -0.1) is 0 Å². The predicted molar refractivity (Wildman–Crippen MR) is 77.0 cm³/mol. The summed E-state index contributed by atoms with van der Waals surface area (Å²) in [6.07, 6.45) is 0. The summed E-state index contributed by atoms with van der Waals surface area (Å²) in [5.41, 5.74) is 6.64. The molecule has 1 amide bonds. The van der Waals surface area contributed by atoms with Crippen LogP contribution >= 0.6 is 0 Å². The maximum Gasteiger partial charge on any atom is 0.242 e. The molecule has 19 heavy (non-hydrogen) atoms. The molecule has 0 bridgehead atoms. The molecule has 6 heteroatoms. The smallest absolute Gasteiger partial charge is 0.242 e. The number of nitrogens with zero attached hydrogens (tertiary/aromatic N) is 2.